The van der Waals surface area contributed by atoms with Crippen LogP contribution in [0.25, 0.3) is 0 Å². The van der Waals surface area contributed by atoms with Gasteiger partial charge in [-0.3, -0.25) is 4.79 Å². The molecule has 1 heterocycles. The minimum absolute atomic E-state index is 0.0338. The van der Waals surface area contributed by atoms with Gasteiger partial charge in [-0.2, -0.15) is 12.6 Å². The van der Waals surface area contributed by atoms with E-state index >= 15 is 0 Å². The normalized spacial score (nSPS) is 24.4. The summed E-state index contributed by atoms with van der Waals surface area (Å²) in [6, 6.07) is 0. The lowest BCUT2D eigenvalue weighted by molar-refractivity contribution is -0.142. The van der Waals surface area contributed by atoms with Gasteiger partial charge in [0, 0.05) is 5.75 Å². The van der Waals surface area contributed by atoms with Gasteiger partial charge in [-0.1, -0.05) is 0 Å². The molecule has 0 bridgehead atoms. The average molecular weight is 238 g/mol. The maximum absolute atomic E-state index is 11.1. The Morgan fingerprint density at radius 2 is 1.93 bits per heavy atom. The SMILES string of the molecule is O=C(O)C(CS)C1CCS(=O)(=O)CC1. The zero-order valence-corrected chi connectivity index (χ0v) is 9.43. The minimum Gasteiger partial charge on any atom is -0.481 e. The molecule has 1 rings (SSSR count). The topological polar surface area (TPSA) is 71.4 Å². The third-order valence-electron chi connectivity index (χ3n) is 2.68. The molecule has 1 aliphatic rings. The molecular weight excluding hydrogens is 224 g/mol. The smallest absolute Gasteiger partial charge is 0.307 e. The molecule has 1 fully saturated rings. The third-order valence-corrected chi connectivity index (χ3v) is 4.79. The number of sulfone groups is 1. The Kier molecular flexibility index (Phi) is 3.83. The Morgan fingerprint density at radius 1 is 1.43 bits per heavy atom. The summed E-state index contributed by atoms with van der Waals surface area (Å²) >= 11 is 3.98. The van der Waals surface area contributed by atoms with E-state index in [1.807, 2.05) is 0 Å². The van der Waals surface area contributed by atoms with Gasteiger partial charge in [0.25, 0.3) is 0 Å². The molecule has 0 aromatic rings. The molecule has 1 N–H and O–H groups in total. The standard InChI is InChI=1S/C8H14O4S2/c9-8(10)7(5-13)6-1-3-14(11,12)4-2-6/h6-7,13H,1-5H2,(H,9,10). The minimum atomic E-state index is -2.90. The molecule has 0 amide bonds. The number of carboxylic acids is 1. The third kappa shape index (κ3) is 2.88. The number of hydrogen-bond acceptors (Lipinski definition) is 4. The monoisotopic (exact) mass is 238 g/mol. The zero-order valence-electron chi connectivity index (χ0n) is 7.72. The number of carbonyl (C=O) groups is 1. The molecule has 0 spiro atoms. The predicted octanol–water partition coefficient (Wildman–Crippen LogP) is 0.442. The lowest BCUT2D eigenvalue weighted by atomic mass is 9.89. The molecule has 0 radical (unpaired) electrons. The van der Waals surface area contributed by atoms with Crippen molar-refractivity contribution in [1.82, 2.24) is 0 Å². The van der Waals surface area contributed by atoms with Crippen molar-refractivity contribution >= 4 is 28.4 Å². The Balaban J connectivity index is 2.60. The van der Waals surface area contributed by atoms with Crippen molar-refractivity contribution in [2.45, 2.75) is 12.8 Å². The van der Waals surface area contributed by atoms with Crippen LogP contribution < -0.4 is 0 Å². The second-order valence-electron chi connectivity index (χ2n) is 3.62. The van der Waals surface area contributed by atoms with Gasteiger partial charge in [0.15, 0.2) is 0 Å². The van der Waals surface area contributed by atoms with Crippen LogP contribution in [0.2, 0.25) is 0 Å². The lowest BCUT2D eigenvalue weighted by Gasteiger charge is -2.26. The summed E-state index contributed by atoms with van der Waals surface area (Å²) in [5.41, 5.74) is 0. The van der Waals surface area contributed by atoms with E-state index in [1.54, 1.807) is 0 Å². The van der Waals surface area contributed by atoms with E-state index in [9.17, 15) is 13.2 Å². The van der Waals surface area contributed by atoms with Crippen LogP contribution >= 0.6 is 12.6 Å². The summed E-state index contributed by atoms with van der Waals surface area (Å²) in [6.45, 7) is 0. The average Bonchev–Trinajstić information content (AvgIpc) is 2.08. The molecule has 14 heavy (non-hydrogen) atoms. The Morgan fingerprint density at radius 3 is 2.29 bits per heavy atom. The zero-order chi connectivity index (χ0) is 10.8. The first-order valence-electron chi connectivity index (χ1n) is 4.50. The van der Waals surface area contributed by atoms with E-state index in [0.717, 1.165) is 0 Å². The van der Waals surface area contributed by atoms with Gasteiger partial charge in [0.2, 0.25) is 0 Å². The molecular formula is C8H14O4S2. The summed E-state index contributed by atoms with van der Waals surface area (Å²) in [5.74, 6) is -0.892. The van der Waals surface area contributed by atoms with Gasteiger partial charge in [0.05, 0.1) is 17.4 Å². The largest absolute Gasteiger partial charge is 0.481 e. The molecule has 1 atom stereocenters. The molecule has 0 aliphatic carbocycles. The van der Waals surface area contributed by atoms with Crippen molar-refractivity contribution < 1.29 is 18.3 Å². The van der Waals surface area contributed by atoms with Gasteiger partial charge in [0.1, 0.15) is 9.84 Å². The first-order valence-corrected chi connectivity index (χ1v) is 6.96. The second kappa shape index (κ2) is 4.53. The molecule has 1 aliphatic heterocycles. The quantitative estimate of drug-likeness (QED) is 0.700. The summed E-state index contributed by atoms with van der Waals surface area (Å²) in [6.07, 6.45) is 0.916. The predicted molar refractivity (Wildman–Crippen MR) is 56.4 cm³/mol. The van der Waals surface area contributed by atoms with Crippen LogP contribution in [0, 0.1) is 11.8 Å². The fourth-order valence-corrected chi connectivity index (χ4v) is 3.72. The molecule has 82 valence electrons. The van der Waals surface area contributed by atoms with Crippen LogP contribution in [0.15, 0.2) is 0 Å². The van der Waals surface area contributed by atoms with Crippen LogP contribution in [0.3, 0.4) is 0 Å². The molecule has 6 heteroatoms. The summed E-state index contributed by atoms with van der Waals surface area (Å²) in [7, 11) is -2.90. The highest BCUT2D eigenvalue weighted by molar-refractivity contribution is 7.91. The maximum Gasteiger partial charge on any atom is 0.307 e. The van der Waals surface area contributed by atoms with Crippen molar-refractivity contribution in [1.29, 1.82) is 0 Å². The second-order valence-corrected chi connectivity index (χ2v) is 6.29. The van der Waals surface area contributed by atoms with Crippen molar-refractivity contribution in [2.24, 2.45) is 11.8 Å². The Hall–Kier alpha value is -0.230. The number of hydrogen-bond donors (Lipinski definition) is 2. The van der Waals surface area contributed by atoms with E-state index in [2.05, 4.69) is 12.6 Å². The van der Waals surface area contributed by atoms with Crippen LogP contribution in [0.4, 0.5) is 0 Å². The van der Waals surface area contributed by atoms with Crippen LogP contribution in [0.1, 0.15) is 12.8 Å². The first-order chi connectivity index (χ1) is 6.46. The fraction of sp³-hybridized carbons (Fsp3) is 0.875. The van der Waals surface area contributed by atoms with E-state index in [1.165, 1.54) is 0 Å². The van der Waals surface area contributed by atoms with E-state index < -0.39 is 21.7 Å². The molecule has 0 aromatic carbocycles. The Labute approximate surface area is 89.0 Å². The van der Waals surface area contributed by atoms with Gasteiger partial charge in [-0.15, -0.1) is 0 Å². The number of carboxylic acid groups (broad SMARTS) is 1. The molecule has 1 unspecified atom stereocenters. The van der Waals surface area contributed by atoms with Gasteiger partial charge >= 0.3 is 5.97 Å². The highest BCUT2D eigenvalue weighted by Gasteiger charge is 2.32. The van der Waals surface area contributed by atoms with Gasteiger partial charge < -0.3 is 5.11 Å². The maximum atomic E-state index is 11.1. The Bertz CT molecular complexity index is 295. The van der Waals surface area contributed by atoms with Crippen LogP contribution in [-0.2, 0) is 14.6 Å². The van der Waals surface area contributed by atoms with Gasteiger partial charge in [-0.25, -0.2) is 8.42 Å². The first kappa shape index (κ1) is 11.8. The summed E-state index contributed by atoms with van der Waals surface area (Å²) in [5, 5.41) is 8.86. The van der Waals surface area contributed by atoms with Crippen molar-refractivity contribution in [3.8, 4) is 0 Å². The summed E-state index contributed by atoms with van der Waals surface area (Å²) in [4.78, 5) is 10.8. The molecule has 4 nitrogen and oxygen atoms in total. The van der Waals surface area contributed by atoms with Gasteiger partial charge in [-0.05, 0) is 18.8 Å². The van der Waals surface area contributed by atoms with Crippen LogP contribution in [-0.4, -0.2) is 36.8 Å². The van der Waals surface area contributed by atoms with Crippen LogP contribution in [0.5, 0.6) is 0 Å². The summed E-state index contributed by atoms with van der Waals surface area (Å²) < 4.78 is 22.2. The highest BCUT2D eigenvalue weighted by Crippen LogP contribution is 2.27. The van der Waals surface area contributed by atoms with Crippen molar-refractivity contribution in [3.63, 3.8) is 0 Å². The highest BCUT2D eigenvalue weighted by atomic mass is 32.2. The fourth-order valence-electron chi connectivity index (χ4n) is 1.74. The number of aliphatic carboxylic acids is 1. The molecule has 1 saturated heterocycles. The lowest BCUT2D eigenvalue weighted by Crippen LogP contribution is -2.32. The van der Waals surface area contributed by atoms with E-state index in [0.29, 0.717) is 12.8 Å². The van der Waals surface area contributed by atoms with E-state index in [-0.39, 0.29) is 23.2 Å². The molecule has 0 aromatic heterocycles. The van der Waals surface area contributed by atoms with E-state index in [4.69, 9.17) is 5.11 Å². The number of rotatable bonds is 3. The number of thiol groups is 1. The molecule has 0 saturated carbocycles. The van der Waals surface area contributed by atoms with Crippen molar-refractivity contribution in [2.75, 3.05) is 17.3 Å². The van der Waals surface area contributed by atoms with Crippen molar-refractivity contribution in [3.05, 3.63) is 0 Å².